The zero-order chi connectivity index (χ0) is 15.9. The van der Waals surface area contributed by atoms with Crippen molar-refractivity contribution in [3.8, 4) is 0 Å². The van der Waals surface area contributed by atoms with E-state index < -0.39 is 5.97 Å². The maximum Gasteiger partial charge on any atom is 0.337 e. The second-order valence-corrected chi connectivity index (χ2v) is 4.52. The highest BCUT2D eigenvalue weighted by atomic mass is 16.4. The molecule has 0 unspecified atom stereocenters. The smallest absolute Gasteiger partial charge is 0.337 e. The number of carbonyl (C=O) groups excluding carboxylic acids is 1. The van der Waals surface area contributed by atoms with Crippen LogP contribution in [0.1, 0.15) is 22.8 Å². The molecule has 0 aliphatic carbocycles. The van der Waals surface area contributed by atoms with Crippen molar-refractivity contribution in [1.82, 2.24) is 0 Å². The highest BCUT2D eigenvalue weighted by Crippen LogP contribution is 2.14. The van der Waals surface area contributed by atoms with Crippen molar-refractivity contribution >= 4 is 29.5 Å². The van der Waals surface area contributed by atoms with Crippen molar-refractivity contribution in [3.63, 3.8) is 0 Å². The normalized spacial score (nSPS) is 10.4. The highest BCUT2D eigenvalue weighted by molar-refractivity contribution is 5.94. The van der Waals surface area contributed by atoms with Crippen LogP contribution < -0.4 is 10.7 Å². The molecule has 0 radical (unpaired) electrons. The highest BCUT2D eigenvalue weighted by Gasteiger charge is 2.07. The summed E-state index contributed by atoms with van der Waals surface area (Å²) in [4.78, 5) is 22.0. The van der Waals surface area contributed by atoms with Crippen molar-refractivity contribution in [1.29, 1.82) is 0 Å². The Morgan fingerprint density at radius 3 is 2.41 bits per heavy atom. The fraction of sp³-hybridized carbons (Fsp3) is 0.0625. The van der Waals surface area contributed by atoms with Gasteiger partial charge in [0.1, 0.15) is 0 Å². The van der Waals surface area contributed by atoms with Crippen molar-refractivity contribution in [2.75, 3.05) is 10.7 Å². The summed E-state index contributed by atoms with van der Waals surface area (Å²) >= 11 is 0. The van der Waals surface area contributed by atoms with Gasteiger partial charge in [-0.3, -0.25) is 10.2 Å². The summed E-state index contributed by atoms with van der Waals surface area (Å²) in [6.45, 7) is 1.44. The summed E-state index contributed by atoms with van der Waals surface area (Å²) in [6, 6.07) is 13.6. The number of hydrogen-bond donors (Lipinski definition) is 3. The van der Waals surface area contributed by atoms with Crippen LogP contribution in [0.4, 0.5) is 11.4 Å². The van der Waals surface area contributed by atoms with Crippen LogP contribution in [0.25, 0.3) is 0 Å². The van der Waals surface area contributed by atoms with E-state index in [1.54, 1.807) is 48.7 Å². The molecule has 2 rings (SSSR count). The van der Waals surface area contributed by atoms with Crippen LogP contribution in [0.15, 0.2) is 53.6 Å². The number of anilines is 2. The third-order valence-corrected chi connectivity index (χ3v) is 2.79. The molecule has 2 aromatic rings. The molecular formula is C16H15N3O3. The summed E-state index contributed by atoms with van der Waals surface area (Å²) in [7, 11) is 0. The predicted octanol–water partition coefficient (Wildman–Crippen LogP) is 2.79. The van der Waals surface area contributed by atoms with Crippen LogP contribution in [-0.4, -0.2) is 23.2 Å². The summed E-state index contributed by atoms with van der Waals surface area (Å²) in [5.74, 6) is -1.15. The van der Waals surface area contributed by atoms with E-state index in [2.05, 4.69) is 15.8 Å². The van der Waals surface area contributed by atoms with Gasteiger partial charge in [-0.05, 0) is 29.8 Å². The lowest BCUT2D eigenvalue weighted by Gasteiger charge is -2.04. The molecule has 6 nitrogen and oxygen atoms in total. The number of carboxylic acid groups (broad SMARTS) is 1. The molecule has 112 valence electrons. The third-order valence-electron chi connectivity index (χ3n) is 2.79. The average molecular weight is 297 g/mol. The maximum atomic E-state index is 11.1. The van der Waals surface area contributed by atoms with E-state index in [1.807, 2.05) is 0 Å². The quantitative estimate of drug-likeness (QED) is 0.584. The SMILES string of the molecule is CC(=O)Nc1ccc(/C=N/Nc2ccccc2C(=O)O)cc1. The van der Waals surface area contributed by atoms with Crippen LogP contribution in [0.3, 0.4) is 0 Å². The van der Waals surface area contributed by atoms with Gasteiger partial charge in [0.05, 0.1) is 17.5 Å². The molecule has 3 N–H and O–H groups in total. The van der Waals surface area contributed by atoms with Gasteiger partial charge in [-0.25, -0.2) is 4.79 Å². The molecule has 0 saturated heterocycles. The molecule has 0 bridgehead atoms. The predicted molar refractivity (Wildman–Crippen MR) is 85.4 cm³/mol. The molecule has 0 aliphatic heterocycles. The van der Waals surface area contributed by atoms with Gasteiger partial charge in [0.2, 0.25) is 5.91 Å². The Kier molecular flexibility index (Phi) is 4.87. The van der Waals surface area contributed by atoms with E-state index in [1.165, 1.54) is 13.0 Å². The fourth-order valence-corrected chi connectivity index (χ4v) is 1.80. The lowest BCUT2D eigenvalue weighted by molar-refractivity contribution is -0.114. The Morgan fingerprint density at radius 1 is 1.09 bits per heavy atom. The number of nitrogens with zero attached hydrogens (tertiary/aromatic N) is 1. The summed E-state index contributed by atoms with van der Waals surface area (Å²) in [5, 5.41) is 15.7. The molecule has 0 saturated carbocycles. The Morgan fingerprint density at radius 2 is 1.77 bits per heavy atom. The summed E-state index contributed by atoms with van der Waals surface area (Å²) < 4.78 is 0. The minimum Gasteiger partial charge on any atom is -0.478 e. The number of nitrogens with one attached hydrogen (secondary N) is 2. The number of amides is 1. The van der Waals surface area contributed by atoms with Gasteiger partial charge in [-0.15, -0.1) is 0 Å². The lowest BCUT2D eigenvalue weighted by atomic mass is 10.2. The van der Waals surface area contributed by atoms with Crippen molar-refractivity contribution in [2.24, 2.45) is 5.10 Å². The number of carbonyl (C=O) groups is 2. The van der Waals surface area contributed by atoms with Crippen molar-refractivity contribution in [3.05, 3.63) is 59.7 Å². The Labute approximate surface area is 127 Å². The number of aromatic carboxylic acids is 1. The number of benzene rings is 2. The van der Waals surface area contributed by atoms with E-state index in [9.17, 15) is 9.59 Å². The molecule has 22 heavy (non-hydrogen) atoms. The van der Waals surface area contributed by atoms with Crippen LogP contribution in [-0.2, 0) is 4.79 Å². The number of carboxylic acids is 1. The van der Waals surface area contributed by atoms with Crippen LogP contribution in [0.2, 0.25) is 0 Å². The summed E-state index contributed by atoms with van der Waals surface area (Å²) in [6.07, 6.45) is 1.57. The van der Waals surface area contributed by atoms with Gasteiger partial charge in [-0.2, -0.15) is 5.10 Å². The molecule has 0 aromatic heterocycles. The first kappa shape index (κ1) is 15.2. The second kappa shape index (κ2) is 7.03. The first-order valence-electron chi connectivity index (χ1n) is 6.55. The third kappa shape index (κ3) is 4.17. The minimum absolute atomic E-state index is 0.131. The zero-order valence-electron chi connectivity index (χ0n) is 11.9. The van der Waals surface area contributed by atoms with Gasteiger partial charge in [0.15, 0.2) is 0 Å². The van der Waals surface area contributed by atoms with Gasteiger partial charge < -0.3 is 10.4 Å². The van der Waals surface area contributed by atoms with Gasteiger partial charge in [0, 0.05) is 12.6 Å². The molecule has 0 heterocycles. The molecule has 6 heteroatoms. The number of rotatable bonds is 5. The minimum atomic E-state index is -1.02. The Bertz CT molecular complexity index is 709. The lowest BCUT2D eigenvalue weighted by Crippen LogP contribution is -2.05. The van der Waals surface area contributed by atoms with E-state index in [4.69, 9.17) is 5.11 Å². The van der Waals surface area contributed by atoms with Gasteiger partial charge in [-0.1, -0.05) is 24.3 Å². The topological polar surface area (TPSA) is 90.8 Å². The van der Waals surface area contributed by atoms with Crippen molar-refractivity contribution in [2.45, 2.75) is 6.92 Å². The Hall–Kier alpha value is -3.15. The molecule has 0 fully saturated rings. The molecule has 0 spiro atoms. The largest absolute Gasteiger partial charge is 0.478 e. The van der Waals surface area contributed by atoms with Crippen LogP contribution in [0.5, 0.6) is 0 Å². The molecule has 0 aliphatic rings. The van der Waals surface area contributed by atoms with Crippen LogP contribution in [0, 0.1) is 0 Å². The summed E-state index contributed by atoms with van der Waals surface area (Å²) in [5.41, 5.74) is 4.80. The first-order valence-corrected chi connectivity index (χ1v) is 6.55. The van der Waals surface area contributed by atoms with Gasteiger partial charge >= 0.3 is 5.97 Å². The number of hydrazone groups is 1. The van der Waals surface area contributed by atoms with Gasteiger partial charge in [0.25, 0.3) is 0 Å². The molecule has 2 aromatic carbocycles. The second-order valence-electron chi connectivity index (χ2n) is 4.52. The van der Waals surface area contributed by atoms with E-state index in [0.29, 0.717) is 11.4 Å². The monoisotopic (exact) mass is 297 g/mol. The van der Waals surface area contributed by atoms with Crippen molar-refractivity contribution < 1.29 is 14.7 Å². The zero-order valence-corrected chi connectivity index (χ0v) is 11.9. The van der Waals surface area contributed by atoms with E-state index in [0.717, 1.165) is 5.56 Å². The number of para-hydroxylation sites is 1. The van der Waals surface area contributed by atoms with E-state index in [-0.39, 0.29) is 11.5 Å². The first-order chi connectivity index (χ1) is 10.6. The standard InChI is InChI=1S/C16H15N3O3/c1-11(20)18-13-8-6-12(7-9-13)10-17-19-15-5-3-2-4-14(15)16(21)22/h2-10,19H,1H3,(H,18,20)(H,21,22)/b17-10+. The average Bonchev–Trinajstić information content (AvgIpc) is 2.49. The molecule has 1 amide bonds. The molecule has 0 atom stereocenters. The van der Waals surface area contributed by atoms with Crippen LogP contribution >= 0.6 is 0 Å². The van der Waals surface area contributed by atoms with E-state index >= 15 is 0 Å². The maximum absolute atomic E-state index is 11.1. The Balaban J connectivity index is 2.04. The molecular weight excluding hydrogens is 282 g/mol. The number of hydrogen-bond acceptors (Lipinski definition) is 4. The fourth-order valence-electron chi connectivity index (χ4n) is 1.80.